The normalized spacial score (nSPS) is 13.0. The average Bonchev–Trinajstić information content (AvgIpc) is 2.45. The van der Waals surface area contributed by atoms with Crippen LogP contribution in [0, 0.1) is 0 Å². The van der Waals surface area contributed by atoms with Crippen molar-refractivity contribution in [3.8, 4) is 5.75 Å². The third-order valence-electron chi connectivity index (χ3n) is 2.84. The number of rotatable bonds is 4. The maximum absolute atomic E-state index is 12.8. The lowest BCUT2D eigenvalue weighted by Gasteiger charge is -2.17. The van der Waals surface area contributed by atoms with Crippen LogP contribution in [0.1, 0.15) is 17.2 Å². The topological polar surface area (TPSA) is 35.2 Å². The molecule has 0 heterocycles. The van der Waals surface area contributed by atoms with Gasteiger partial charge in [-0.25, -0.2) is 0 Å². The predicted molar refractivity (Wildman–Crippen MR) is 70.3 cm³/mol. The second-order valence-corrected chi connectivity index (χ2v) is 4.32. The largest absolute Gasteiger partial charge is 0.491 e. The molecule has 2 N–H and O–H groups in total. The molecule has 0 aliphatic carbocycles. The minimum absolute atomic E-state index is 0.0168. The van der Waals surface area contributed by atoms with Gasteiger partial charge in [0.15, 0.2) is 0 Å². The van der Waals surface area contributed by atoms with E-state index in [4.69, 9.17) is 10.5 Å². The molecule has 0 saturated carbocycles. The Morgan fingerprint density at radius 2 is 1.55 bits per heavy atom. The lowest BCUT2D eigenvalue weighted by molar-refractivity contribution is -0.139. The van der Waals surface area contributed by atoms with Crippen molar-refractivity contribution >= 4 is 0 Å². The molecule has 0 aliphatic rings. The number of para-hydroxylation sites is 1. The van der Waals surface area contributed by atoms with Crippen LogP contribution in [0.5, 0.6) is 5.75 Å². The van der Waals surface area contributed by atoms with Gasteiger partial charge < -0.3 is 10.5 Å². The molecule has 2 aromatic rings. The molecule has 2 nitrogen and oxygen atoms in total. The molecule has 0 saturated heterocycles. The van der Waals surface area contributed by atoms with Gasteiger partial charge in [-0.3, -0.25) is 0 Å². The van der Waals surface area contributed by atoms with Crippen molar-refractivity contribution in [2.75, 3.05) is 6.61 Å². The first kappa shape index (κ1) is 14.4. The van der Waals surface area contributed by atoms with Crippen LogP contribution in [0.25, 0.3) is 0 Å². The first-order chi connectivity index (χ1) is 9.48. The van der Waals surface area contributed by atoms with Crippen LogP contribution in [0.4, 0.5) is 13.2 Å². The molecule has 20 heavy (non-hydrogen) atoms. The molecule has 5 heteroatoms. The maximum Gasteiger partial charge on any atom is 0.419 e. The summed E-state index contributed by atoms with van der Waals surface area (Å²) in [6.07, 6.45) is -4.44. The summed E-state index contributed by atoms with van der Waals surface area (Å²) < 4.78 is 43.6. The van der Waals surface area contributed by atoms with Gasteiger partial charge in [0.25, 0.3) is 0 Å². The van der Waals surface area contributed by atoms with Crippen molar-refractivity contribution in [1.29, 1.82) is 0 Å². The summed E-state index contributed by atoms with van der Waals surface area (Å²) in [5.74, 6) is -0.202. The molecule has 0 aromatic heterocycles. The molecule has 2 rings (SSSR count). The molecule has 1 atom stereocenters. The fraction of sp³-hybridized carbons (Fsp3) is 0.200. The van der Waals surface area contributed by atoms with E-state index < -0.39 is 17.8 Å². The van der Waals surface area contributed by atoms with Crippen LogP contribution in [-0.2, 0) is 6.18 Å². The van der Waals surface area contributed by atoms with Gasteiger partial charge in [0, 0.05) is 0 Å². The number of hydrogen-bond donors (Lipinski definition) is 1. The van der Waals surface area contributed by atoms with E-state index in [1.807, 2.05) is 30.3 Å². The summed E-state index contributed by atoms with van der Waals surface area (Å²) in [5.41, 5.74) is 5.92. The molecule has 0 bridgehead atoms. The highest BCUT2D eigenvalue weighted by Gasteiger charge is 2.34. The molecular formula is C15H14F3NO. The molecule has 0 amide bonds. The molecule has 2 aromatic carbocycles. The van der Waals surface area contributed by atoms with Crippen molar-refractivity contribution in [3.05, 3.63) is 65.7 Å². The lowest BCUT2D eigenvalue weighted by Crippen LogP contribution is -2.20. The Morgan fingerprint density at radius 1 is 0.950 bits per heavy atom. The summed E-state index contributed by atoms with van der Waals surface area (Å²) >= 11 is 0. The van der Waals surface area contributed by atoms with Crippen LogP contribution in [0.2, 0.25) is 0 Å². The predicted octanol–water partition coefficient (Wildman–Crippen LogP) is 3.78. The minimum Gasteiger partial charge on any atom is -0.491 e. The van der Waals surface area contributed by atoms with Gasteiger partial charge in [-0.2, -0.15) is 13.2 Å². The number of nitrogens with two attached hydrogens (primary N) is 1. The second-order valence-electron chi connectivity index (χ2n) is 4.32. The zero-order valence-electron chi connectivity index (χ0n) is 10.6. The Hall–Kier alpha value is -2.01. The summed E-state index contributed by atoms with van der Waals surface area (Å²) in [6.45, 7) is -0.0168. The fourth-order valence-corrected chi connectivity index (χ4v) is 1.80. The van der Waals surface area contributed by atoms with Gasteiger partial charge in [0.05, 0.1) is 11.6 Å². The lowest BCUT2D eigenvalue weighted by atomic mass is 10.1. The van der Waals surface area contributed by atoms with E-state index in [9.17, 15) is 13.2 Å². The van der Waals surface area contributed by atoms with Crippen LogP contribution in [-0.4, -0.2) is 6.61 Å². The number of ether oxygens (including phenoxy) is 1. The highest BCUT2D eigenvalue weighted by Crippen LogP contribution is 2.36. The van der Waals surface area contributed by atoms with Crippen molar-refractivity contribution in [3.63, 3.8) is 0 Å². The van der Waals surface area contributed by atoms with Gasteiger partial charge in [-0.05, 0) is 17.7 Å². The second kappa shape index (κ2) is 5.96. The van der Waals surface area contributed by atoms with E-state index in [1.165, 1.54) is 18.2 Å². The Labute approximate surface area is 115 Å². The molecule has 0 spiro atoms. The summed E-state index contributed by atoms with van der Waals surface area (Å²) in [6, 6.07) is 13.7. The third kappa shape index (κ3) is 3.51. The number of halogens is 3. The van der Waals surface area contributed by atoms with E-state index in [-0.39, 0.29) is 12.4 Å². The van der Waals surface area contributed by atoms with Crippen molar-refractivity contribution in [1.82, 2.24) is 0 Å². The first-order valence-electron chi connectivity index (χ1n) is 6.08. The smallest absolute Gasteiger partial charge is 0.419 e. The Bertz CT molecular complexity index is 555. The van der Waals surface area contributed by atoms with Crippen LogP contribution >= 0.6 is 0 Å². The minimum atomic E-state index is -4.44. The Kier molecular flexibility index (Phi) is 4.29. The highest BCUT2D eigenvalue weighted by molar-refractivity contribution is 5.35. The zero-order chi connectivity index (χ0) is 14.6. The molecule has 0 unspecified atom stereocenters. The van der Waals surface area contributed by atoms with Crippen LogP contribution < -0.4 is 10.5 Å². The average molecular weight is 281 g/mol. The molecule has 106 valence electrons. The molecule has 0 aliphatic heterocycles. The summed E-state index contributed by atoms with van der Waals surface area (Å²) in [7, 11) is 0. The summed E-state index contributed by atoms with van der Waals surface area (Å²) in [4.78, 5) is 0. The van der Waals surface area contributed by atoms with Crippen molar-refractivity contribution < 1.29 is 17.9 Å². The molecule has 0 radical (unpaired) electrons. The number of alkyl halides is 3. The molecule has 0 fully saturated rings. The first-order valence-corrected chi connectivity index (χ1v) is 6.08. The number of benzene rings is 2. The Morgan fingerprint density at radius 3 is 2.20 bits per heavy atom. The van der Waals surface area contributed by atoms with E-state index in [0.29, 0.717) is 0 Å². The maximum atomic E-state index is 12.8. The van der Waals surface area contributed by atoms with Gasteiger partial charge in [-0.1, -0.05) is 42.5 Å². The van der Waals surface area contributed by atoms with E-state index >= 15 is 0 Å². The van der Waals surface area contributed by atoms with Gasteiger partial charge in [0.2, 0.25) is 0 Å². The van der Waals surface area contributed by atoms with Crippen LogP contribution in [0.3, 0.4) is 0 Å². The highest BCUT2D eigenvalue weighted by atomic mass is 19.4. The van der Waals surface area contributed by atoms with E-state index in [2.05, 4.69) is 0 Å². The standard InChI is InChI=1S/C15H14F3NO/c16-15(17,18)12-8-4-5-9-14(12)20-10-13(19)11-6-2-1-3-7-11/h1-9,13H,10,19H2/t13-/m1/s1. The quantitative estimate of drug-likeness (QED) is 0.925. The van der Waals surface area contributed by atoms with Crippen molar-refractivity contribution in [2.45, 2.75) is 12.2 Å². The zero-order valence-corrected chi connectivity index (χ0v) is 10.6. The van der Waals surface area contributed by atoms with Crippen molar-refractivity contribution in [2.24, 2.45) is 5.73 Å². The van der Waals surface area contributed by atoms with Crippen LogP contribution in [0.15, 0.2) is 54.6 Å². The fourth-order valence-electron chi connectivity index (χ4n) is 1.80. The Balaban J connectivity index is 2.08. The van der Waals surface area contributed by atoms with Gasteiger partial charge in [-0.15, -0.1) is 0 Å². The van der Waals surface area contributed by atoms with E-state index in [1.54, 1.807) is 0 Å². The third-order valence-corrected chi connectivity index (χ3v) is 2.84. The van der Waals surface area contributed by atoms with E-state index in [0.717, 1.165) is 11.6 Å². The molecular weight excluding hydrogens is 267 g/mol. The van der Waals surface area contributed by atoms with Gasteiger partial charge in [0.1, 0.15) is 12.4 Å². The monoisotopic (exact) mass is 281 g/mol. The number of hydrogen-bond acceptors (Lipinski definition) is 2. The van der Waals surface area contributed by atoms with Gasteiger partial charge >= 0.3 is 6.18 Å². The SMILES string of the molecule is N[C@H](COc1ccccc1C(F)(F)F)c1ccccc1. The summed E-state index contributed by atoms with van der Waals surface area (Å²) in [5, 5.41) is 0.